The van der Waals surface area contributed by atoms with Crippen molar-refractivity contribution in [2.45, 2.75) is 19.4 Å². The second kappa shape index (κ2) is 6.09. The third-order valence-corrected chi connectivity index (χ3v) is 2.96. The molecule has 1 aromatic rings. The Morgan fingerprint density at radius 2 is 2.41 bits per heavy atom. The molecule has 1 aromatic heterocycles. The number of rotatable bonds is 5. The van der Waals surface area contributed by atoms with Crippen LogP contribution in [0, 0.1) is 0 Å². The van der Waals surface area contributed by atoms with Crippen LogP contribution in [0.5, 0.6) is 0 Å². The maximum atomic E-state index is 5.67. The van der Waals surface area contributed by atoms with Crippen molar-refractivity contribution in [1.82, 2.24) is 20.4 Å². The van der Waals surface area contributed by atoms with Crippen LogP contribution in [0.1, 0.15) is 24.7 Å². The first-order chi connectivity index (χ1) is 8.33. The number of nitrogens with one attached hydrogen (secondary N) is 1. The van der Waals surface area contributed by atoms with Crippen LogP contribution >= 0.6 is 0 Å². The maximum Gasteiger partial charge on any atom is 0.228 e. The molecule has 0 radical (unpaired) electrons. The van der Waals surface area contributed by atoms with Gasteiger partial charge in [0.2, 0.25) is 11.7 Å². The van der Waals surface area contributed by atoms with Crippen molar-refractivity contribution in [1.29, 1.82) is 0 Å². The number of likely N-dealkylation sites (N-methyl/N-ethyl adjacent to an activating group) is 2. The molecule has 1 atom stereocenters. The fraction of sp³-hybridized carbons (Fsp3) is 0.818. The first kappa shape index (κ1) is 12.5. The first-order valence-corrected chi connectivity index (χ1v) is 6.14. The van der Waals surface area contributed by atoms with Crippen LogP contribution in [-0.4, -0.2) is 54.9 Å². The Kier molecular flexibility index (Phi) is 4.47. The fourth-order valence-corrected chi connectivity index (χ4v) is 1.88. The van der Waals surface area contributed by atoms with E-state index in [0.29, 0.717) is 11.7 Å². The Hall–Kier alpha value is -0.980. The second-order valence-electron chi connectivity index (χ2n) is 4.15. The Balaban J connectivity index is 1.94. The third-order valence-electron chi connectivity index (χ3n) is 2.96. The molecule has 6 heteroatoms. The SMILES string of the molecule is CCN1CCOC(c2noc(CCNC)n2)C1. The lowest BCUT2D eigenvalue weighted by Crippen LogP contribution is -2.38. The van der Waals surface area contributed by atoms with Crippen molar-refractivity contribution < 1.29 is 9.26 Å². The van der Waals surface area contributed by atoms with Gasteiger partial charge >= 0.3 is 0 Å². The summed E-state index contributed by atoms with van der Waals surface area (Å²) < 4.78 is 10.9. The van der Waals surface area contributed by atoms with E-state index < -0.39 is 0 Å². The van der Waals surface area contributed by atoms with E-state index in [0.717, 1.165) is 39.2 Å². The molecule has 0 saturated carbocycles. The summed E-state index contributed by atoms with van der Waals surface area (Å²) in [6, 6.07) is 0. The van der Waals surface area contributed by atoms with Gasteiger partial charge in [-0.05, 0) is 13.6 Å². The molecule has 0 bridgehead atoms. The van der Waals surface area contributed by atoms with Crippen molar-refractivity contribution in [2.24, 2.45) is 0 Å². The smallest absolute Gasteiger partial charge is 0.228 e. The summed E-state index contributed by atoms with van der Waals surface area (Å²) in [6.45, 7) is 6.59. The Bertz CT molecular complexity index is 342. The van der Waals surface area contributed by atoms with E-state index in [1.165, 1.54) is 0 Å². The number of nitrogens with zero attached hydrogens (tertiary/aromatic N) is 3. The van der Waals surface area contributed by atoms with E-state index in [9.17, 15) is 0 Å². The van der Waals surface area contributed by atoms with Gasteiger partial charge in [-0.1, -0.05) is 12.1 Å². The Labute approximate surface area is 101 Å². The number of morpholine rings is 1. The molecule has 1 N–H and O–H groups in total. The average molecular weight is 240 g/mol. The lowest BCUT2D eigenvalue weighted by Gasteiger charge is -2.30. The summed E-state index contributed by atoms with van der Waals surface area (Å²) in [4.78, 5) is 6.70. The molecular formula is C11H20N4O2. The zero-order valence-corrected chi connectivity index (χ0v) is 10.5. The predicted octanol–water partition coefficient (Wildman–Crippen LogP) is 0.225. The van der Waals surface area contributed by atoms with Crippen molar-refractivity contribution >= 4 is 0 Å². The maximum absolute atomic E-state index is 5.67. The van der Waals surface area contributed by atoms with Gasteiger partial charge in [0.1, 0.15) is 6.10 Å². The van der Waals surface area contributed by atoms with Gasteiger partial charge in [-0.3, -0.25) is 4.90 Å². The van der Waals surface area contributed by atoms with Gasteiger partial charge in [0.05, 0.1) is 6.61 Å². The number of hydrogen-bond acceptors (Lipinski definition) is 6. The molecule has 1 aliphatic rings. The van der Waals surface area contributed by atoms with Crippen molar-refractivity contribution in [2.75, 3.05) is 39.8 Å². The Morgan fingerprint density at radius 3 is 3.18 bits per heavy atom. The molecule has 0 aromatic carbocycles. The molecule has 0 amide bonds. The van der Waals surface area contributed by atoms with E-state index >= 15 is 0 Å². The van der Waals surface area contributed by atoms with Gasteiger partial charge in [-0.2, -0.15) is 4.98 Å². The summed E-state index contributed by atoms with van der Waals surface area (Å²) in [6.07, 6.45) is 0.712. The van der Waals surface area contributed by atoms with Crippen LogP contribution in [0.3, 0.4) is 0 Å². The number of hydrogen-bond donors (Lipinski definition) is 1. The van der Waals surface area contributed by atoms with E-state index in [-0.39, 0.29) is 6.10 Å². The zero-order valence-electron chi connectivity index (χ0n) is 10.5. The van der Waals surface area contributed by atoms with Crippen LogP contribution < -0.4 is 5.32 Å². The zero-order chi connectivity index (χ0) is 12.1. The van der Waals surface area contributed by atoms with Crippen LogP contribution in [0.25, 0.3) is 0 Å². The van der Waals surface area contributed by atoms with Crippen molar-refractivity contribution in [3.63, 3.8) is 0 Å². The summed E-state index contributed by atoms with van der Waals surface area (Å²) in [5, 5.41) is 7.05. The van der Waals surface area contributed by atoms with Gasteiger partial charge in [0, 0.05) is 26.1 Å². The molecular weight excluding hydrogens is 220 g/mol. The molecule has 0 aliphatic carbocycles. The quantitative estimate of drug-likeness (QED) is 0.794. The van der Waals surface area contributed by atoms with Gasteiger partial charge < -0.3 is 14.6 Å². The second-order valence-corrected chi connectivity index (χ2v) is 4.15. The summed E-state index contributed by atoms with van der Waals surface area (Å²) in [5.74, 6) is 1.35. The van der Waals surface area contributed by atoms with E-state index in [1.54, 1.807) is 0 Å². The van der Waals surface area contributed by atoms with E-state index in [4.69, 9.17) is 9.26 Å². The largest absolute Gasteiger partial charge is 0.367 e. The van der Waals surface area contributed by atoms with Crippen molar-refractivity contribution in [3.8, 4) is 0 Å². The molecule has 1 unspecified atom stereocenters. The first-order valence-electron chi connectivity index (χ1n) is 6.14. The van der Waals surface area contributed by atoms with Gasteiger partial charge in [-0.25, -0.2) is 0 Å². The van der Waals surface area contributed by atoms with Crippen LogP contribution in [0.4, 0.5) is 0 Å². The molecule has 1 aliphatic heterocycles. The van der Waals surface area contributed by atoms with Crippen LogP contribution in [0.15, 0.2) is 4.52 Å². The number of aromatic nitrogens is 2. The van der Waals surface area contributed by atoms with Gasteiger partial charge in [-0.15, -0.1) is 0 Å². The van der Waals surface area contributed by atoms with Crippen molar-refractivity contribution in [3.05, 3.63) is 11.7 Å². The van der Waals surface area contributed by atoms with Crippen LogP contribution in [-0.2, 0) is 11.2 Å². The lowest BCUT2D eigenvalue weighted by atomic mass is 10.2. The highest BCUT2D eigenvalue weighted by Crippen LogP contribution is 2.19. The predicted molar refractivity (Wildman–Crippen MR) is 62.7 cm³/mol. The van der Waals surface area contributed by atoms with E-state index in [1.807, 2.05) is 7.05 Å². The minimum atomic E-state index is -0.0456. The monoisotopic (exact) mass is 240 g/mol. The number of ether oxygens (including phenoxy) is 1. The molecule has 2 rings (SSSR count). The molecule has 1 fully saturated rings. The molecule has 2 heterocycles. The van der Waals surface area contributed by atoms with E-state index in [2.05, 4.69) is 27.3 Å². The highest BCUT2D eigenvalue weighted by molar-refractivity contribution is 4.94. The molecule has 0 spiro atoms. The topological polar surface area (TPSA) is 63.4 Å². The highest BCUT2D eigenvalue weighted by Gasteiger charge is 2.25. The average Bonchev–Trinajstić information content (AvgIpc) is 2.85. The summed E-state index contributed by atoms with van der Waals surface area (Å²) in [5.41, 5.74) is 0. The van der Waals surface area contributed by atoms with Gasteiger partial charge in [0.15, 0.2) is 0 Å². The molecule has 17 heavy (non-hydrogen) atoms. The Morgan fingerprint density at radius 1 is 1.53 bits per heavy atom. The summed E-state index contributed by atoms with van der Waals surface area (Å²) in [7, 11) is 1.90. The fourth-order valence-electron chi connectivity index (χ4n) is 1.88. The minimum absolute atomic E-state index is 0.0456. The minimum Gasteiger partial charge on any atom is -0.367 e. The summed E-state index contributed by atoms with van der Waals surface area (Å²) >= 11 is 0. The third kappa shape index (κ3) is 3.24. The molecule has 96 valence electrons. The standard InChI is InChI=1S/C11H20N4O2/c1-3-15-6-7-16-9(8-15)11-13-10(17-14-11)4-5-12-2/h9,12H,3-8H2,1-2H3. The molecule has 1 saturated heterocycles. The molecule has 6 nitrogen and oxygen atoms in total. The van der Waals surface area contributed by atoms with Gasteiger partial charge in [0.25, 0.3) is 0 Å². The lowest BCUT2D eigenvalue weighted by molar-refractivity contribution is -0.0334. The van der Waals surface area contributed by atoms with Crippen LogP contribution in [0.2, 0.25) is 0 Å². The normalized spacial score (nSPS) is 21.9. The highest BCUT2D eigenvalue weighted by atomic mass is 16.5.